The van der Waals surface area contributed by atoms with Crippen molar-refractivity contribution < 1.29 is 27.9 Å². The van der Waals surface area contributed by atoms with Gasteiger partial charge in [-0.15, -0.1) is 0 Å². The lowest BCUT2D eigenvalue weighted by Gasteiger charge is -2.22. The van der Waals surface area contributed by atoms with Gasteiger partial charge in [-0.2, -0.15) is 13.2 Å². The van der Waals surface area contributed by atoms with E-state index < -0.39 is 31.3 Å². The van der Waals surface area contributed by atoms with Crippen molar-refractivity contribution in [3.8, 4) is 0 Å². The minimum Gasteiger partial charge on any atom is -0.480 e. The van der Waals surface area contributed by atoms with Gasteiger partial charge in [0.1, 0.15) is 13.1 Å². The van der Waals surface area contributed by atoms with Crippen molar-refractivity contribution >= 4 is 12.0 Å². The molecule has 0 saturated carbocycles. The fourth-order valence-corrected chi connectivity index (χ4v) is 1.44. The maximum absolute atomic E-state index is 12.2. The molecule has 2 N–H and O–H groups in total. The van der Waals surface area contributed by atoms with E-state index in [1.165, 1.54) is 0 Å². The van der Waals surface area contributed by atoms with Crippen molar-refractivity contribution in [2.45, 2.75) is 19.0 Å². The first-order valence-corrected chi connectivity index (χ1v) is 6.08. The van der Waals surface area contributed by atoms with E-state index >= 15 is 0 Å². The number of carboxylic acids is 1. The first kappa shape index (κ1) is 18.5. The van der Waals surface area contributed by atoms with E-state index in [2.05, 4.69) is 5.32 Å². The first-order chi connectivity index (χ1) is 9.11. The van der Waals surface area contributed by atoms with Crippen molar-refractivity contribution in [3.63, 3.8) is 0 Å². The Balaban J connectivity index is 4.17. The van der Waals surface area contributed by atoms with Crippen LogP contribution in [0.25, 0.3) is 0 Å². The Morgan fingerprint density at radius 3 is 2.25 bits per heavy atom. The summed E-state index contributed by atoms with van der Waals surface area (Å²) in [5.74, 6) is -1.49. The number of aliphatic carboxylic acids is 1. The van der Waals surface area contributed by atoms with Crippen molar-refractivity contribution in [2.75, 3.05) is 40.3 Å². The highest BCUT2D eigenvalue weighted by atomic mass is 19.4. The van der Waals surface area contributed by atoms with Crippen LogP contribution < -0.4 is 5.32 Å². The van der Waals surface area contributed by atoms with Crippen LogP contribution >= 0.6 is 0 Å². The van der Waals surface area contributed by atoms with E-state index in [4.69, 9.17) is 5.11 Å². The van der Waals surface area contributed by atoms with Crippen LogP contribution in [-0.2, 0) is 4.79 Å². The van der Waals surface area contributed by atoms with Gasteiger partial charge in [-0.3, -0.25) is 4.79 Å². The second-order valence-electron chi connectivity index (χ2n) is 4.61. The van der Waals surface area contributed by atoms with E-state index in [0.717, 1.165) is 13.0 Å². The molecule has 0 aromatic carbocycles. The number of unbranched alkanes of at least 4 members (excludes halogenated alkanes) is 1. The molecule has 0 radical (unpaired) electrons. The van der Waals surface area contributed by atoms with E-state index in [1.807, 2.05) is 19.0 Å². The summed E-state index contributed by atoms with van der Waals surface area (Å²) in [5.41, 5.74) is 0. The molecular weight excluding hydrogens is 279 g/mol. The Labute approximate surface area is 115 Å². The van der Waals surface area contributed by atoms with Gasteiger partial charge in [0, 0.05) is 6.54 Å². The van der Waals surface area contributed by atoms with Crippen LogP contribution in [0.4, 0.5) is 18.0 Å². The van der Waals surface area contributed by atoms with Crippen LogP contribution in [0.3, 0.4) is 0 Å². The summed E-state index contributed by atoms with van der Waals surface area (Å²) < 4.78 is 36.7. The zero-order valence-corrected chi connectivity index (χ0v) is 11.5. The smallest absolute Gasteiger partial charge is 0.406 e. The maximum atomic E-state index is 12.2. The highest BCUT2D eigenvalue weighted by Crippen LogP contribution is 2.16. The summed E-state index contributed by atoms with van der Waals surface area (Å²) >= 11 is 0. The van der Waals surface area contributed by atoms with E-state index in [-0.39, 0.29) is 11.4 Å². The average Bonchev–Trinajstić information content (AvgIpc) is 2.24. The zero-order chi connectivity index (χ0) is 15.8. The molecule has 0 aliphatic carbocycles. The molecule has 0 aliphatic rings. The number of urea groups is 1. The summed E-state index contributed by atoms with van der Waals surface area (Å²) in [6.45, 7) is -1.55. The first-order valence-electron chi connectivity index (χ1n) is 6.08. The van der Waals surface area contributed by atoms with Gasteiger partial charge < -0.3 is 20.2 Å². The van der Waals surface area contributed by atoms with E-state index in [1.54, 1.807) is 0 Å². The number of hydrogen-bond donors (Lipinski definition) is 2. The van der Waals surface area contributed by atoms with Crippen LogP contribution in [0.15, 0.2) is 0 Å². The van der Waals surface area contributed by atoms with Crippen molar-refractivity contribution in [2.24, 2.45) is 0 Å². The predicted molar refractivity (Wildman–Crippen MR) is 66.5 cm³/mol. The molecule has 118 valence electrons. The molecule has 0 rings (SSSR count). The molecule has 0 bridgehead atoms. The van der Waals surface area contributed by atoms with Gasteiger partial charge in [0.25, 0.3) is 0 Å². The molecule has 0 spiro atoms. The van der Waals surface area contributed by atoms with Gasteiger partial charge >= 0.3 is 18.2 Å². The number of alkyl halides is 3. The Morgan fingerprint density at radius 1 is 1.20 bits per heavy atom. The van der Waals surface area contributed by atoms with Gasteiger partial charge in [0.15, 0.2) is 0 Å². The SMILES string of the molecule is CN(C)CCCCNC(=O)N(CC(=O)O)CC(F)(F)F. The molecule has 0 saturated heterocycles. The molecule has 0 atom stereocenters. The zero-order valence-electron chi connectivity index (χ0n) is 11.5. The molecule has 0 aromatic rings. The topological polar surface area (TPSA) is 72.9 Å². The number of carboxylic acid groups (broad SMARTS) is 1. The number of nitrogens with zero attached hydrogens (tertiary/aromatic N) is 2. The lowest BCUT2D eigenvalue weighted by atomic mass is 10.3. The number of carbonyl (C=O) groups is 2. The number of carbonyl (C=O) groups excluding carboxylic acids is 1. The molecule has 0 heterocycles. The standard InChI is InChI=1S/C11H20F3N3O3/c1-16(2)6-4-3-5-15-10(20)17(7-9(18)19)8-11(12,13)14/h3-8H2,1-2H3,(H,15,20)(H,18,19). The molecule has 0 aliphatic heterocycles. The number of nitrogens with one attached hydrogen (secondary N) is 1. The predicted octanol–water partition coefficient (Wildman–Crippen LogP) is 0.987. The summed E-state index contributed by atoms with van der Waals surface area (Å²) in [6.07, 6.45) is -3.24. The molecular formula is C11H20F3N3O3. The number of amides is 2. The Kier molecular flexibility index (Phi) is 7.97. The normalized spacial score (nSPS) is 11.5. The third-order valence-corrected chi connectivity index (χ3v) is 2.29. The minimum absolute atomic E-state index is 0.209. The van der Waals surface area contributed by atoms with Gasteiger partial charge in [-0.1, -0.05) is 0 Å². The molecule has 6 nitrogen and oxygen atoms in total. The van der Waals surface area contributed by atoms with Crippen LogP contribution in [0.1, 0.15) is 12.8 Å². The van der Waals surface area contributed by atoms with E-state index in [0.29, 0.717) is 6.42 Å². The lowest BCUT2D eigenvalue weighted by molar-refractivity contribution is -0.148. The van der Waals surface area contributed by atoms with Crippen molar-refractivity contribution in [1.82, 2.24) is 15.1 Å². The summed E-state index contributed by atoms with van der Waals surface area (Å²) in [4.78, 5) is 24.1. The fourth-order valence-electron chi connectivity index (χ4n) is 1.44. The Morgan fingerprint density at radius 2 is 1.80 bits per heavy atom. The van der Waals surface area contributed by atoms with E-state index in [9.17, 15) is 22.8 Å². The Hall–Kier alpha value is -1.51. The number of hydrogen-bond acceptors (Lipinski definition) is 3. The van der Waals surface area contributed by atoms with Gasteiger partial charge in [-0.25, -0.2) is 4.79 Å². The fraction of sp³-hybridized carbons (Fsp3) is 0.818. The van der Waals surface area contributed by atoms with Crippen LogP contribution in [0.2, 0.25) is 0 Å². The summed E-state index contributed by atoms with van der Waals surface area (Å²) in [5, 5.41) is 10.8. The van der Waals surface area contributed by atoms with Gasteiger partial charge in [0.05, 0.1) is 0 Å². The van der Waals surface area contributed by atoms with Crippen LogP contribution in [0.5, 0.6) is 0 Å². The van der Waals surface area contributed by atoms with Gasteiger partial charge in [0.2, 0.25) is 0 Å². The van der Waals surface area contributed by atoms with Crippen molar-refractivity contribution in [3.05, 3.63) is 0 Å². The third kappa shape index (κ3) is 10.4. The highest BCUT2D eigenvalue weighted by Gasteiger charge is 2.33. The average molecular weight is 299 g/mol. The molecule has 20 heavy (non-hydrogen) atoms. The molecule has 9 heteroatoms. The number of rotatable bonds is 8. The molecule has 0 unspecified atom stereocenters. The molecule has 0 fully saturated rings. The molecule has 2 amide bonds. The highest BCUT2D eigenvalue weighted by molar-refractivity contribution is 5.80. The molecule has 0 aromatic heterocycles. The van der Waals surface area contributed by atoms with Crippen LogP contribution in [-0.4, -0.2) is 73.4 Å². The Bertz CT molecular complexity index is 322. The monoisotopic (exact) mass is 299 g/mol. The quantitative estimate of drug-likeness (QED) is 0.656. The summed E-state index contributed by atoms with van der Waals surface area (Å²) in [6, 6.07) is -1.02. The van der Waals surface area contributed by atoms with Gasteiger partial charge in [-0.05, 0) is 33.5 Å². The lowest BCUT2D eigenvalue weighted by Crippen LogP contribution is -2.47. The summed E-state index contributed by atoms with van der Waals surface area (Å²) in [7, 11) is 3.77. The third-order valence-electron chi connectivity index (χ3n) is 2.29. The number of halogens is 3. The second-order valence-corrected chi connectivity index (χ2v) is 4.61. The maximum Gasteiger partial charge on any atom is 0.406 e. The largest absolute Gasteiger partial charge is 0.480 e. The minimum atomic E-state index is -4.63. The second kappa shape index (κ2) is 8.62. The van der Waals surface area contributed by atoms with Crippen molar-refractivity contribution in [1.29, 1.82) is 0 Å². The van der Waals surface area contributed by atoms with Crippen LogP contribution in [0, 0.1) is 0 Å².